The Morgan fingerprint density at radius 1 is 0.324 bits per heavy atom. The summed E-state index contributed by atoms with van der Waals surface area (Å²) in [6.45, 7) is -1.91. The molecule has 0 unspecified atom stereocenters. The fourth-order valence-electron chi connectivity index (χ4n) is 3.51. The summed E-state index contributed by atoms with van der Waals surface area (Å²) in [6.07, 6.45) is 0. The maximum atomic E-state index is 9.41. The second kappa shape index (κ2) is 12.2. The first-order valence-corrected chi connectivity index (χ1v) is 10.6. The van der Waals surface area contributed by atoms with E-state index in [-0.39, 0.29) is 40.4 Å². The SMILES string of the molecule is OCN(CO)c1ccc(N(c2ccc(N(CO)CO)cc2)c2ccc(N(CO)CO)cc2)cc1. The second-order valence-electron chi connectivity index (χ2n) is 7.35. The summed E-state index contributed by atoms with van der Waals surface area (Å²) < 4.78 is 0. The fraction of sp³-hybridized carbons (Fsp3) is 0.250. The molecule has 0 aromatic heterocycles. The summed E-state index contributed by atoms with van der Waals surface area (Å²) in [5.41, 5.74) is 4.39. The lowest BCUT2D eigenvalue weighted by molar-refractivity contribution is 0.222. The third kappa shape index (κ3) is 5.57. The molecule has 34 heavy (non-hydrogen) atoms. The van der Waals surface area contributed by atoms with Gasteiger partial charge in [-0.3, -0.25) is 0 Å². The third-order valence-electron chi connectivity index (χ3n) is 5.44. The molecular formula is C24H30N4O6. The number of hydrogen-bond donors (Lipinski definition) is 6. The molecule has 182 valence electrons. The van der Waals surface area contributed by atoms with Crippen molar-refractivity contribution in [3.05, 3.63) is 72.8 Å². The molecule has 0 atom stereocenters. The molecule has 0 saturated heterocycles. The number of aliphatic hydroxyl groups excluding tert-OH is 6. The summed E-state index contributed by atoms with van der Waals surface area (Å²) in [7, 11) is 0. The summed E-state index contributed by atoms with van der Waals surface area (Å²) in [6, 6.07) is 21.9. The molecule has 10 nitrogen and oxygen atoms in total. The normalized spacial score (nSPS) is 10.8. The van der Waals surface area contributed by atoms with E-state index >= 15 is 0 Å². The average Bonchev–Trinajstić information content (AvgIpc) is 2.89. The Hall–Kier alpha value is -3.38. The van der Waals surface area contributed by atoms with Crippen molar-refractivity contribution < 1.29 is 30.6 Å². The van der Waals surface area contributed by atoms with Crippen molar-refractivity contribution in [1.29, 1.82) is 0 Å². The van der Waals surface area contributed by atoms with Crippen LogP contribution in [-0.4, -0.2) is 71.0 Å². The van der Waals surface area contributed by atoms with Gasteiger partial charge >= 0.3 is 0 Å². The minimum Gasteiger partial charge on any atom is -0.376 e. The highest BCUT2D eigenvalue weighted by molar-refractivity contribution is 5.79. The highest BCUT2D eigenvalue weighted by Crippen LogP contribution is 2.37. The molecule has 0 bridgehead atoms. The van der Waals surface area contributed by atoms with Crippen LogP contribution in [-0.2, 0) is 0 Å². The zero-order valence-electron chi connectivity index (χ0n) is 18.6. The summed E-state index contributed by atoms with van der Waals surface area (Å²) in [5.74, 6) is 0. The van der Waals surface area contributed by atoms with Crippen LogP contribution in [0.3, 0.4) is 0 Å². The number of nitrogens with zero attached hydrogens (tertiary/aromatic N) is 4. The topological polar surface area (TPSA) is 134 Å². The molecule has 3 aromatic carbocycles. The lowest BCUT2D eigenvalue weighted by Gasteiger charge is -2.28. The van der Waals surface area contributed by atoms with Gasteiger partial charge in [-0.25, -0.2) is 0 Å². The van der Waals surface area contributed by atoms with Crippen LogP contribution >= 0.6 is 0 Å². The first kappa shape index (κ1) is 25.2. The van der Waals surface area contributed by atoms with Crippen molar-refractivity contribution in [2.75, 3.05) is 60.0 Å². The zero-order chi connectivity index (χ0) is 24.5. The summed E-state index contributed by atoms with van der Waals surface area (Å²) in [4.78, 5) is 6.17. The van der Waals surface area contributed by atoms with E-state index in [4.69, 9.17) is 0 Å². The van der Waals surface area contributed by atoms with Gasteiger partial charge in [0.05, 0.1) is 0 Å². The molecule has 0 aliphatic carbocycles. The molecule has 0 aliphatic heterocycles. The summed E-state index contributed by atoms with van der Waals surface area (Å²) in [5, 5.41) is 56.5. The van der Waals surface area contributed by atoms with Crippen LogP contribution in [0, 0.1) is 0 Å². The fourth-order valence-corrected chi connectivity index (χ4v) is 3.51. The van der Waals surface area contributed by atoms with Crippen LogP contribution < -0.4 is 19.6 Å². The van der Waals surface area contributed by atoms with Crippen molar-refractivity contribution in [1.82, 2.24) is 0 Å². The van der Waals surface area contributed by atoms with Crippen LogP contribution in [0.5, 0.6) is 0 Å². The molecule has 0 amide bonds. The molecule has 0 heterocycles. The van der Waals surface area contributed by atoms with E-state index in [0.717, 1.165) is 17.1 Å². The van der Waals surface area contributed by atoms with Gasteiger partial charge in [-0.05, 0) is 72.8 Å². The third-order valence-corrected chi connectivity index (χ3v) is 5.44. The molecule has 0 fully saturated rings. The number of benzene rings is 3. The molecule has 0 spiro atoms. The predicted octanol–water partition coefficient (Wildman–Crippen LogP) is 1.27. The Labute approximate surface area is 198 Å². The van der Waals surface area contributed by atoms with Crippen molar-refractivity contribution in [2.45, 2.75) is 0 Å². The molecule has 3 rings (SSSR count). The van der Waals surface area contributed by atoms with Crippen LogP contribution in [0.25, 0.3) is 0 Å². The number of rotatable bonds is 12. The molecule has 0 saturated carbocycles. The monoisotopic (exact) mass is 470 g/mol. The first-order valence-electron chi connectivity index (χ1n) is 10.6. The van der Waals surface area contributed by atoms with E-state index in [9.17, 15) is 30.6 Å². The van der Waals surface area contributed by atoms with E-state index in [1.807, 2.05) is 41.3 Å². The lowest BCUT2D eigenvalue weighted by Crippen LogP contribution is -2.25. The van der Waals surface area contributed by atoms with Crippen LogP contribution in [0.4, 0.5) is 34.1 Å². The highest BCUT2D eigenvalue weighted by Gasteiger charge is 2.15. The van der Waals surface area contributed by atoms with Gasteiger partial charge in [0, 0.05) is 34.1 Å². The summed E-state index contributed by atoms with van der Waals surface area (Å²) >= 11 is 0. The molecule has 10 heteroatoms. The Kier molecular flexibility index (Phi) is 9.05. The smallest absolute Gasteiger partial charge is 0.117 e. The average molecular weight is 471 g/mol. The molecular weight excluding hydrogens is 440 g/mol. The quantitative estimate of drug-likeness (QED) is 0.215. The Bertz CT molecular complexity index is 858. The maximum Gasteiger partial charge on any atom is 0.117 e. The van der Waals surface area contributed by atoms with E-state index < -0.39 is 0 Å². The molecule has 0 aliphatic rings. The van der Waals surface area contributed by atoms with E-state index in [1.165, 1.54) is 14.7 Å². The Morgan fingerprint density at radius 3 is 0.676 bits per heavy atom. The Balaban J connectivity index is 2.01. The minimum atomic E-state index is -0.319. The van der Waals surface area contributed by atoms with Gasteiger partial charge in [-0.15, -0.1) is 0 Å². The number of hydrogen-bond acceptors (Lipinski definition) is 10. The molecule has 0 radical (unpaired) electrons. The first-order chi connectivity index (χ1) is 16.6. The van der Waals surface area contributed by atoms with Gasteiger partial charge in [0.1, 0.15) is 40.4 Å². The van der Waals surface area contributed by atoms with Crippen LogP contribution in [0.15, 0.2) is 72.8 Å². The zero-order valence-corrected chi connectivity index (χ0v) is 18.6. The van der Waals surface area contributed by atoms with Gasteiger partial charge in [0.25, 0.3) is 0 Å². The number of anilines is 6. The van der Waals surface area contributed by atoms with Crippen molar-refractivity contribution in [3.8, 4) is 0 Å². The maximum absolute atomic E-state index is 9.41. The highest BCUT2D eigenvalue weighted by atomic mass is 16.3. The van der Waals surface area contributed by atoms with E-state index in [2.05, 4.69) is 0 Å². The van der Waals surface area contributed by atoms with Gasteiger partial charge < -0.3 is 50.2 Å². The standard InChI is InChI=1S/C24H30N4O6/c29-13-25(14-30)19-1-7-22(8-2-19)28(23-9-3-20(4-10-23)26(15-31)16-32)24-11-5-21(6-12-24)27(17-33)18-34/h1-12,29-34H,13-18H2. The van der Waals surface area contributed by atoms with Gasteiger partial charge in [0.2, 0.25) is 0 Å². The van der Waals surface area contributed by atoms with Gasteiger partial charge in [-0.1, -0.05) is 0 Å². The minimum absolute atomic E-state index is 0.319. The second-order valence-corrected chi connectivity index (χ2v) is 7.35. The molecule has 6 N–H and O–H groups in total. The van der Waals surface area contributed by atoms with Gasteiger partial charge in [0.15, 0.2) is 0 Å². The number of aliphatic hydroxyl groups is 6. The van der Waals surface area contributed by atoms with E-state index in [1.54, 1.807) is 36.4 Å². The van der Waals surface area contributed by atoms with Gasteiger partial charge in [-0.2, -0.15) is 0 Å². The van der Waals surface area contributed by atoms with Crippen LogP contribution in [0.1, 0.15) is 0 Å². The van der Waals surface area contributed by atoms with E-state index in [0.29, 0.717) is 17.1 Å². The van der Waals surface area contributed by atoms with Crippen molar-refractivity contribution in [2.24, 2.45) is 0 Å². The van der Waals surface area contributed by atoms with Crippen molar-refractivity contribution >= 4 is 34.1 Å². The predicted molar refractivity (Wildman–Crippen MR) is 131 cm³/mol. The molecule has 3 aromatic rings. The largest absolute Gasteiger partial charge is 0.376 e. The Morgan fingerprint density at radius 2 is 0.500 bits per heavy atom. The van der Waals surface area contributed by atoms with Crippen LogP contribution in [0.2, 0.25) is 0 Å². The lowest BCUT2D eigenvalue weighted by atomic mass is 10.1. The van der Waals surface area contributed by atoms with Crippen molar-refractivity contribution in [3.63, 3.8) is 0 Å².